The number of aryl methyl sites for hydroxylation is 1. The van der Waals surface area contributed by atoms with E-state index in [9.17, 15) is 0 Å². The summed E-state index contributed by atoms with van der Waals surface area (Å²) in [4.78, 5) is 8.74. The molecule has 2 heterocycles. The summed E-state index contributed by atoms with van der Waals surface area (Å²) >= 11 is 6.29. The largest absolute Gasteiger partial charge is 0.297 e. The third kappa shape index (κ3) is 3.72. The summed E-state index contributed by atoms with van der Waals surface area (Å²) < 4.78 is 0. The lowest BCUT2D eigenvalue weighted by molar-refractivity contribution is 0.185. The molecular weight excluding hydrogens is 260 g/mol. The van der Waals surface area contributed by atoms with Crippen molar-refractivity contribution in [1.82, 2.24) is 9.88 Å². The Hall–Kier alpha value is -0.0600. The molecule has 2 nitrogen and oxygen atoms in total. The lowest BCUT2D eigenvalue weighted by Crippen LogP contribution is -2.32. The molecule has 2 rings (SSSR count). The molecule has 0 radical (unpaired) electrons. The van der Waals surface area contributed by atoms with Crippen molar-refractivity contribution in [3.8, 4) is 0 Å². The van der Waals surface area contributed by atoms with Crippen LogP contribution in [0.3, 0.4) is 0 Å². The van der Waals surface area contributed by atoms with E-state index in [0.717, 1.165) is 24.6 Å². The van der Waals surface area contributed by atoms with Crippen LogP contribution < -0.4 is 0 Å². The van der Waals surface area contributed by atoms with Crippen LogP contribution in [0.4, 0.5) is 0 Å². The SMILES string of the molecule is CCCc1nc(CN2CCC(C)CC2)sc1CS. The lowest BCUT2D eigenvalue weighted by atomic mass is 9.99. The molecule has 1 saturated heterocycles. The molecule has 1 aliphatic rings. The van der Waals surface area contributed by atoms with E-state index in [4.69, 9.17) is 4.98 Å². The molecular formula is C14H24N2S2. The Morgan fingerprint density at radius 3 is 2.72 bits per heavy atom. The highest BCUT2D eigenvalue weighted by molar-refractivity contribution is 7.79. The number of thiazole rings is 1. The number of piperidine rings is 1. The first-order valence-electron chi connectivity index (χ1n) is 7.03. The third-order valence-electron chi connectivity index (χ3n) is 3.69. The Bertz CT molecular complexity index is 368. The molecule has 0 saturated carbocycles. The van der Waals surface area contributed by atoms with Gasteiger partial charge in [-0.15, -0.1) is 11.3 Å². The molecule has 1 aromatic heterocycles. The first-order chi connectivity index (χ1) is 8.72. The Morgan fingerprint density at radius 2 is 2.11 bits per heavy atom. The second-order valence-electron chi connectivity index (χ2n) is 5.34. The highest BCUT2D eigenvalue weighted by Gasteiger charge is 2.18. The second kappa shape index (κ2) is 6.92. The van der Waals surface area contributed by atoms with Crippen LogP contribution in [0.5, 0.6) is 0 Å². The molecule has 0 aliphatic carbocycles. The Morgan fingerprint density at radius 1 is 1.39 bits per heavy atom. The summed E-state index contributed by atoms with van der Waals surface area (Å²) in [6, 6.07) is 0. The smallest absolute Gasteiger partial charge is 0.107 e. The maximum atomic E-state index is 4.81. The molecule has 1 aliphatic heterocycles. The quantitative estimate of drug-likeness (QED) is 0.829. The van der Waals surface area contributed by atoms with Gasteiger partial charge in [0, 0.05) is 10.6 Å². The van der Waals surface area contributed by atoms with Gasteiger partial charge in [-0.3, -0.25) is 4.90 Å². The molecule has 0 spiro atoms. The minimum Gasteiger partial charge on any atom is -0.297 e. The van der Waals surface area contributed by atoms with Crippen molar-refractivity contribution < 1.29 is 0 Å². The minimum atomic E-state index is 0.837. The number of nitrogens with zero attached hydrogens (tertiary/aromatic N) is 2. The van der Waals surface area contributed by atoms with E-state index in [-0.39, 0.29) is 0 Å². The zero-order valence-electron chi connectivity index (χ0n) is 11.5. The summed E-state index contributed by atoms with van der Waals surface area (Å²) in [5.41, 5.74) is 1.29. The van der Waals surface area contributed by atoms with Gasteiger partial charge in [-0.2, -0.15) is 12.6 Å². The second-order valence-corrected chi connectivity index (χ2v) is 6.83. The molecule has 0 bridgehead atoms. The normalized spacial score (nSPS) is 18.4. The van der Waals surface area contributed by atoms with E-state index in [0.29, 0.717) is 0 Å². The van der Waals surface area contributed by atoms with Crippen molar-refractivity contribution in [3.05, 3.63) is 15.6 Å². The summed E-state index contributed by atoms with van der Waals surface area (Å²) in [6.45, 7) is 8.09. The molecule has 0 amide bonds. The molecule has 4 heteroatoms. The van der Waals surface area contributed by atoms with Gasteiger partial charge in [0.1, 0.15) is 5.01 Å². The number of likely N-dealkylation sites (tertiary alicyclic amines) is 1. The fourth-order valence-corrected chi connectivity index (χ4v) is 3.87. The number of aromatic nitrogens is 1. The van der Waals surface area contributed by atoms with Crippen LogP contribution in [0.25, 0.3) is 0 Å². The van der Waals surface area contributed by atoms with Gasteiger partial charge in [0.15, 0.2) is 0 Å². The Balaban J connectivity index is 1.96. The van der Waals surface area contributed by atoms with Gasteiger partial charge in [-0.05, 0) is 38.3 Å². The van der Waals surface area contributed by atoms with Crippen molar-refractivity contribution in [1.29, 1.82) is 0 Å². The van der Waals surface area contributed by atoms with E-state index < -0.39 is 0 Å². The highest BCUT2D eigenvalue weighted by Crippen LogP contribution is 2.24. The number of hydrogen-bond donors (Lipinski definition) is 1. The first kappa shape index (κ1) is 14.4. The van der Waals surface area contributed by atoms with Crippen LogP contribution in [0.1, 0.15) is 48.7 Å². The van der Waals surface area contributed by atoms with Crippen molar-refractivity contribution in [2.45, 2.75) is 51.8 Å². The number of rotatable bonds is 5. The molecule has 0 N–H and O–H groups in total. The average molecular weight is 284 g/mol. The Labute approximate surface area is 120 Å². The molecule has 102 valence electrons. The van der Waals surface area contributed by atoms with Crippen LogP contribution >= 0.6 is 24.0 Å². The van der Waals surface area contributed by atoms with Gasteiger partial charge in [0.05, 0.1) is 12.2 Å². The van der Waals surface area contributed by atoms with Crippen molar-refractivity contribution in [3.63, 3.8) is 0 Å². The molecule has 1 aromatic rings. The van der Waals surface area contributed by atoms with Gasteiger partial charge in [-0.1, -0.05) is 20.3 Å². The van der Waals surface area contributed by atoms with Crippen molar-refractivity contribution in [2.24, 2.45) is 5.92 Å². The maximum Gasteiger partial charge on any atom is 0.107 e. The topological polar surface area (TPSA) is 16.1 Å². The fourth-order valence-electron chi connectivity index (χ4n) is 2.47. The summed E-state index contributed by atoms with van der Waals surface area (Å²) in [5.74, 6) is 1.74. The molecule has 0 aromatic carbocycles. The predicted molar refractivity (Wildman–Crippen MR) is 82.5 cm³/mol. The predicted octanol–water partition coefficient (Wildman–Crippen LogP) is 3.76. The van der Waals surface area contributed by atoms with E-state index in [1.165, 1.54) is 47.9 Å². The van der Waals surface area contributed by atoms with Crippen LogP contribution in [0.15, 0.2) is 0 Å². The highest BCUT2D eigenvalue weighted by atomic mass is 32.1. The van der Waals surface area contributed by atoms with Crippen LogP contribution in [0.2, 0.25) is 0 Å². The lowest BCUT2D eigenvalue weighted by Gasteiger charge is -2.29. The van der Waals surface area contributed by atoms with Gasteiger partial charge in [0.2, 0.25) is 0 Å². The van der Waals surface area contributed by atoms with E-state index in [1.54, 1.807) is 0 Å². The fraction of sp³-hybridized carbons (Fsp3) is 0.786. The first-order valence-corrected chi connectivity index (χ1v) is 8.48. The van der Waals surface area contributed by atoms with Crippen molar-refractivity contribution in [2.75, 3.05) is 13.1 Å². The maximum absolute atomic E-state index is 4.81. The van der Waals surface area contributed by atoms with E-state index in [2.05, 4.69) is 31.4 Å². The van der Waals surface area contributed by atoms with Gasteiger partial charge in [0.25, 0.3) is 0 Å². The van der Waals surface area contributed by atoms with Gasteiger partial charge >= 0.3 is 0 Å². The van der Waals surface area contributed by atoms with E-state index in [1.807, 2.05) is 11.3 Å². The zero-order chi connectivity index (χ0) is 13.0. The standard InChI is InChI=1S/C14H24N2S2/c1-3-4-12-13(10-17)18-14(15-12)9-16-7-5-11(2)6-8-16/h11,17H,3-10H2,1-2H3. The van der Waals surface area contributed by atoms with Crippen LogP contribution in [-0.2, 0) is 18.7 Å². The Kier molecular flexibility index (Phi) is 5.52. The summed E-state index contributed by atoms with van der Waals surface area (Å²) in [5, 5.41) is 1.29. The van der Waals surface area contributed by atoms with Crippen LogP contribution in [0, 0.1) is 5.92 Å². The average Bonchev–Trinajstić information content (AvgIpc) is 2.75. The van der Waals surface area contributed by atoms with E-state index >= 15 is 0 Å². The molecule has 1 fully saturated rings. The number of hydrogen-bond acceptors (Lipinski definition) is 4. The molecule has 0 unspecified atom stereocenters. The van der Waals surface area contributed by atoms with Gasteiger partial charge < -0.3 is 0 Å². The number of thiol groups is 1. The third-order valence-corrected chi connectivity index (χ3v) is 5.30. The molecule has 18 heavy (non-hydrogen) atoms. The van der Waals surface area contributed by atoms with Gasteiger partial charge in [-0.25, -0.2) is 4.98 Å². The van der Waals surface area contributed by atoms with Crippen molar-refractivity contribution >= 4 is 24.0 Å². The summed E-state index contributed by atoms with van der Waals surface area (Å²) in [6.07, 6.45) is 4.95. The minimum absolute atomic E-state index is 0.837. The zero-order valence-corrected chi connectivity index (χ0v) is 13.2. The monoisotopic (exact) mass is 284 g/mol. The van der Waals surface area contributed by atoms with Crippen LogP contribution in [-0.4, -0.2) is 23.0 Å². The summed E-state index contributed by atoms with van der Waals surface area (Å²) in [7, 11) is 0. The molecule has 0 atom stereocenters.